The summed E-state index contributed by atoms with van der Waals surface area (Å²) in [5.41, 5.74) is 3.53. The molecular weight excluding hydrogens is 350 g/mol. The molecule has 1 fully saturated rings. The number of hydrogen-bond acceptors (Lipinski definition) is 6. The summed E-state index contributed by atoms with van der Waals surface area (Å²) in [6.45, 7) is 4.00. The number of carbonyl (C=O) groups excluding carboxylic acids is 2. The van der Waals surface area contributed by atoms with Crippen LogP contribution in [0.5, 0.6) is 11.5 Å². The van der Waals surface area contributed by atoms with Crippen LogP contribution in [0.1, 0.15) is 32.3 Å². The molecule has 0 radical (unpaired) electrons. The van der Waals surface area contributed by atoms with E-state index in [9.17, 15) is 14.7 Å². The number of amides is 2. The summed E-state index contributed by atoms with van der Waals surface area (Å²) in [5, 5.41) is 13.8. The second-order valence-corrected chi connectivity index (χ2v) is 7.36. The number of nitrogens with two attached hydrogens (primary N) is 1. The number of carbonyl (C=O) groups is 2. The Labute approximate surface area is 159 Å². The molecule has 0 bridgehead atoms. The van der Waals surface area contributed by atoms with Crippen molar-refractivity contribution in [2.75, 3.05) is 27.3 Å². The minimum atomic E-state index is -1.59. The number of methoxy groups -OCH3 is 2. The first kappa shape index (κ1) is 21.0. The minimum absolute atomic E-state index is 0.0481. The van der Waals surface area contributed by atoms with Gasteiger partial charge in [0.2, 0.25) is 5.91 Å². The van der Waals surface area contributed by atoms with Gasteiger partial charge in [-0.2, -0.15) is 0 Å². The Balaban J connectivity index is 2.16. The molecule has 1 atom stereocenters. The van der Waals surface area contributed by atoms with Gasteiger partial charge in [0, 0.05) is 25.2 Å². The average molecular weight is 379 g/mol. The summed E-state index contributed by atoms with van der Waals surface area (Å²) in [6, 6.07) is 5.47. The third-order valence-electron chi connectivity index (χ3n) is 4.99. The van der Waals surface area contributed by atoms with E-state index in [0.29, 0.717) is 37.4 Å². The van der Waals surface area contributed by atoms with Gasteiger partial charge in [0.25, 0.3) is 5.91 Å². The van der Waals surface area contributed by atoms with Crippen molar-refractivity contribution in [2.24, 2.45) is 5.73 Å². The van der Waals surface area contributed by atoms with Gasteiger partial charge in [-0.05, 0) is 32.8 Å². The number of ether oxygens (including phenoxy) is 2. The zero-order valence-electron chi connectivity index (χ0n) is 16.4. The number of β-amino-alcohol motifs (C(OH)–C–C–N with tert-alkyl or cyclic N) is 1. The lowest BCUT2D eigenvalue weighted by atomic mass is 9.90. The van der Waals surface area contributed by atoms with Crippen molar-refractivity contribution in [3.8, 4) is 11.5 Å². The quantitative estimate of drug-likeness (QED) is 0.603. The molecule has 2 amide bonds. The third-order valence-corrected chi connectivity index (χ3v) is 4.99. The maximum atomic E-state index is 12.9. The van der Waals surface area contributed by atoms with Gasteiger partial charge < -0.3 is 30.5 Å². The van der Waals surface area contributed by atoms with Crippen LogP contribution in [0, 0.1) is 0 Å². The number of piperidine rings is 1. The van der Waals surface area contributed by atoms with Crippen molar-refractivity contribution in [1.29, 1.82) is 0 Å². The second-order valence-electron chi connectivity index (χ2n) is 7.36. The Hall–Kier alpha value is -2.32. The molecule has 150 valence electrons. The predicted molar refractivity (Wildman–Crippen MR) is 100 cm³/mol. The summed E-state index contributed by atoms with van der Waals surface area (Å²) in [5.74, 6) is 0.216. The normalized spacial score (nSPS) is 20.5. The molecule has 27 heavy (non-hydrogen) atoms. The van der Waals surface area contributed by atoms with Crippen molar-refractivity contribution in [1.82, 2.24) is 10.2 Å². The van der Waals surface area contributed by atoms with Crippen LogP contribution >= 0.6 is 0 Å². The van der Waals surface area contributed by atoms with Crippen molar-refractivity contribution >= 4 is 11.8 Å². The minimum Gasteiger partial charge on any atom is -0.493 e. The molecule has 0 aromatic heterocycles. The van der Waals surface area contributed by atoms with Crippen molar-refractivity contribution in [2.45, 2.75) is 44.4 Å². The molecule has 1 heterocycles. The van der Waals surface area contributed by atoms with Gasteiger partial charge in [0.1, 0.15) is 0 Å². The third kappa shape index (κ3) is 4.51. The van der Waals surface area contributed by atoms with Crippen molar-refractivity contribution in [3.63, 3.8) is 0 Å². The first-order valence-electron chi connectivity index (χ1n) is 8.91. The van der Waals surface area contributed by atoms with E-state index in [-0.39, 0.29) is 12.5 Å². The fourth-order valence-electron chi connectivity index (χ4n) is 3.12. The molecule has 0 unspecified atom stereocenters. The van der Waals surface area contributed by atoms with Crippen LogP contribution in [0.4, 0.5) is 0 Å². The van der Waals surface area contributed by atoms with Gasteiger partial charge in [-0.1, -0.05) is 12.1 Å². The van der Waals surface area contributed by atoms with Gasteiger partial charge >= 0.3 is 0 Å². The molecule has 1 saturated heterocycles. The highest BCUT2D eigenvalue weighted by molar-refractivity contribution is 5.87. The lowest BCUT2D eigenvalue weighted by Gasteiger charge is -2.40. The van der Waals surface area contributed by atoms with Crippen LogP contribution in [0.2, 0.25) is 0 Å². The van der Waals surface area contributed by atoms with Crippen LogP contribution in [-0.2, 0) is 16.1 Å². The van der Waals surface area contributed by atoms with E-state index in [1.807, 2.05) is 12.1 Å². The number of hydrogen-bond donors (Lipinski definition) is 3. The number of aliphatic hydroxyl groups is 1. The predicted octanol–water partition coefficient (Wildman–Crippen LogP) is 0.411. The van der Waals surface area contributed by atoms with Gasteiger partial charge in [-0.25, -0.2) is 0 Å². The highest BCUT2D eigenvalue weighted by Crippen LogP contribution is 2.33. The van der Waals surface area contributed by atoms with Gasteiger partial charge in [-0.15, -0.1) is 0 Å². The molecule has 1 aromatic carbocycles. The Morgan fingerprint density at radius 2 is 2.07 bits per heavy atom. The largest absolute Gasteiger partial charge is 0.493 e. The summed E-state index contributed by atoms with van der Waals surface area (Å²) in [6.07, 6.45) is 0.965. The molecule has 1 aliphatic heterocycles. The molecule has 8 heteroatoms. The van der Waals surface area contributed by atoms with Crippen LogP contribution in [0.15, 0.2) is 18.2 Å². The smallest absolute Gasteiger partial charge is 0.256 e. The van der Waals surface area contributed by atoms with Crippen LogP contribution < -0.4 is 20.5 Å². The second kappa shape index (κ2) is 8.14. The number of likely N-dealkylation sites (tertiary alicyclic amines) is 1. The number of para-hydroxylation sites is 1. The monoisotopic (exact) mass is 379 g/mol. The van der Waals surface area contributed by atoms with Gasteiger partial charge in [-0.3, -0.25) is 9.59 Å². The molecule has 2 rings (SSSR count). The number of primary amides is 1. The van der Waals surface area contributed by atoms with Gasteiger partial charge in [0.15, 0.2) is 17.1 Å². The molecule has 0 saturated carbocycles. The summed E-state index contributed by atoms with van der Waals surface area (Å²) in [7, 11) is 3.10. The van der Waals surface area contributed by atoms with E-state index < -0.39 is 17.0 Å². The molecule has 1 aliphatic rings. The molecule has 8 nitrogen and oxygen atoms in total. The van der Waals surface area contributed by atoms with E-state index in [1.54, 1.807) is 39.0 Å². The topological polar surface area (TPSA) is 114 Å². The van der Waals surface area contributed by atoms with E-state index in [1.165, 1.54) is 0 Å². The summed E-state index contributed by atoms with van der Waals surface area (Å²) in [4.78, 5) is 26.0. The van der Waals surface area contributed by atoms with Gasteiger partial charge in [0.05, 0.1) is 19.8 Å². The van der Waals surface area contributed by atoms with Crippen molar-refractivity contribution in [3.05, 3.63) is 23.8 Å². The molecule has 0 aliphatic carbocycles. The molecule has 4 N–H and O–H groups in total. The SMILES string of the molecule is COc1cccc(CN2CCC[C@](O)(CNC(C)(C)C(N)=O)C2=O)c1OC. The number of rotatable bonds is 8. The maximum Gasteiger partial charge on any atom is 0.256 e. The number of nitrogens with zero attached hydrogens (tertiary/aromatic N) is 1. The fraction of sp³-hybridized carbons (Fsp3) is 0.579. The summed E-state index contributed by atoms with van der Waals surface area (Å²) < 4.78 is 10.7. The Kier molecular flexibility index (Phi) is 6.33. The van der Waals surface area contributed by atoms with E-state index >= 15 is 0 Å². The van der Waals surface area contributed by atoms with E-state index in [0.717, 1.165) is 5.56 Å². The van der Waals surface area contributed by atoms with Crippen LogP contribution in [0.25, 0.3) is 0 Å². The van der Waals surface area contributed by atoms with E-state index in [2.05, 4.69) is 5.32 Å². The highest BCUT2D eigenvalue weighted by Gasteiger charge is 2.43. The number of nitrogens with one attached hydrogen (secondary N) is 1. The molecular formula is C19H29N3O5. The highest BCUT2D eigenvalue weighted by atomic mass is 16.5. The zero-order chi connectivity index (χ0) is 20.2. The Bertz CT molecular complexity index is 707. The van der Waals surface area contributed by atoms with E-state index in [4.69, 9.17) is 15.2 Å². The van der Waals surface area contributed by atoms with Crippen LogP contribution in [0.3, 0.4) is 0 Å². The average Bonchev–Trinajstić information content (AvgIpc) is 2.63. The molecule has 1 aromatic rings. The van der Waals surface area contributed by atoms with Crippen molar-refractivity contribution < 1.29 is 24.2 Å². The zero-order valence-corrected chi connectivity index (χ0v) is 16.4. The summed E-state index contributed by atoms with van der Waals surface area (Å²) >= 11 is 0. The standard InChI is InChI=1S/C19H29N3O5/c1-18(2,16(20)23)21-12-19(25)9-6-10-22(17(19)24)11-13-7-5-8-14(26-3)15(13)27-4/h5,7-8,21,25H,6,9-12H2,1-4H3,(H2,20,23)/t19-/m0/s1. The lowest BCUT2D eigenvalue weighted by Crippen LogP contribution is -2.62. The first-order chi connectivity index (χ1) is 12.6. The first-order valence-corrected chi connectivity index (χ1v) is 8.91. The number of benzene rings is 1. The Morgan fingerprint density at radius 1 is 1.37 bits per heavy atom. The Morgan fingerprint density at radius 3 is 2.67 bits per heavy atom. The lowest BCUT2D eigenvalue weighted by molar-refractivity contribution is -0.158. The fourth-order valence-corrected chi connectivity index (χ4v) is 3.12. The maximum absolute atomic E-state index is 12.9. The van der Waals surface area contributed by atoms with Crippen LogP contribution in [-0.4, -0.2) is 60.3 Å². The molecule has 0 spiro atoms.